The van der Waals surface area contributed by atoms with Crippen molar-refractivity contribution in [2.24, 2.45) is 0 Å². The molecule has 1 aromatic heterocycles. The minimum atomic E-state index is -0.352. The summed E-state index contributed by atoms with van der Waals surface area (Å²) in [6.45, 7) is 0. The monoisotopic (exact) mass is 96.0 g/mol. The van der Waals surface area contributed by atoms with Crippen molar-refractivity contribution in [3.8, 4) is 0 Å². The van der Waals surface area contributed by atoms with Gasteiger partial charge in [0.15, 0.2) is 6.20 Å². The summed E-state index contributed by atoms with van der Waals surface area (Å²) in [4.78, 5) is 12.3. The smallest absolute Gasteiger partial charge is 0.279 e. The Hall–Kier alpha value is -1.19. The van der Waals surface area contributed by atoms with Gasteiger partial charge in [-0.15, -0.1) is 10.2 Å². The highest BCUT2D eigenvalue weighted by Crippen LogP contribution is 1.47. The molecule has 0 aliphatic heterocycles. The van der Waals surface area contributed by atoms with Gasteiger partial charge in [-0.1, -0.05) is 0 Å². The third kappa shape index (κ3) is 0.819. The standard InChI is InChI=1S/C3H2N3O/c7-3-1-5-6-2-4-3/h2H,(H,4,6,7). The molecule has 4 nitrogen and oxygen atoms in total. The summed E-state index contributed by atoms with van der Waals surface area (Å²) in [5, 5.41) is 6.45. The summed E-state index contributed by atoms with van der Waals surface area (Å²) < 4.78 is 0. The predicted molar refractivity (Wildman–Crippen MR) is 21.5 cm³/mol. The van der Waals surface area contributed by atoms with Gasteiger partial charge >= 0.3 is 0 Å². The Kier molecular flexibility index (Phi) is 0.856. The van der Waals surface area contributed by atoms with Gasteiger partial charge in [0.25, 0.3) is 5.56 Å². The first kappa shape index (κ1) is 3.98. The maximum absolute atomic E-state index is 10.1. The molecular weight excluding hydrogens is 94.1 g/mol. The Morgan fingerprint density at radius 2 is 2.71 bits per heavy atom. The fourth-order valence-electron chi connectivity index (χ4n) is 0.223. The largest absolute Gasteiger partial charge is 0.310 e. The van der Waals surface area contributed by atoms with Crippen molar-refractivity contribution in [3.05, 3.63) is 22.9 Å². The zero-order chi connectivity index (χ0) is 5.11. The summed E-state index contributed by atoms with van der Waals surface area (Å²) in [5.41, 5.74) is -0.352. The van der Waals surface area contributed by atoms with E-state index >= 15 is 0 Å². The predicted octanol–water partition coefficient (Wildman–Crippen LogP) is -1.03. The maximum atomic E-state index is 10.1. The van der Waals surface area contributed by atoms with Gasteiger partial charge in [-0.05, 0) is 0 Å². The number of nitrogens with zero attached hydrogens (tertiary/aromatic N) is 2. The Balaban J connectivity index is 3.28. The number of hydrogen-bond acceptors (Lipinski definition) is 3. The summed E-state index contributed by atoms with van der Waals surface area (Å²) in [6.07, 6.45) is 3.27. The van der Waals surface area contributed by atoms with E-state index in [1.54, 1.807) is 0 Å². The number of aromatic nitrogens is 3. The van der Waals surface area contributed by atoms with Crippen LogP contribution in [0.2, 0.25) is 0 Å². The molecule has 0 amide bonds. The number of rotatable bonds is 0. The van der Waals surface area contributed by atoms with Crippen LogP contribution >= 0.6 is 0 Å². The van der Waals surface area contributed by atoms with E-state index in [4.69, 9.17) is 0 Å². The molecule has 0 saturated heterocycles. The van der Waals surface area contributed by atoms with E-state index in [9.17, 15) is 4.79 Å². The third-order valence-corrected chi connectivity index (χ3v) is 0.463. The molecule has 1 N–H and O–H groups in total. The fraction of sp³-hybridized carbons (Fsp3) is 0. The Bertz CT molecular complexity index is 176. The van der Waals surface area contributed by atoms with Crippen molar-refractivity contribution in [2.45, 2.75) is 0 Å². The van der Waals surface area contributed by atoms with Crippen LogP contribution in [-0.2, 0) is 0 Å². The van der Waals surface area contributed by atoms with Crippen molar-refractivity contribution < 1.29 is 0 Å². The summed E-state index contributed by atoms with van der Waals surface area (Å²) in [6, 6.07) is 0. The van der Waals surface area contributed by atoms with Gasteiger partial charge in [-0.3, -0.25) is 4.79 Å². The molecule has 0 bridgehead atoms. The molecule has 1 aromatic rings. The first-order chi connectivity index (χ1) is 3.39. The van der Waals surface area contributed by atoms with E-state index in [-0.39, 0.29) is 5.56 Å². The molecule has 7 heavy (non-hydrogen) atoms. The van der Waals surface area contributed by atoms with E-state index in [2.05, 4.69) is 21.4 Å². The molecule has 0 atom stereocenters. The van der Waals surface area contributed by atoms with Crippen LogP contribution in [0.25, 0.3) is 0 Å². The number of nitrogens with one attached hydrogen (secondary N) is 1. The number of aromatic amines is 1. The van der Waals surface area contributed by atoms with E-state index in [0.717, 1.165) is 0 Å². The molecule has 1 rings (SSSR count). The Morgan fingerprint density at radius 3 is 3.00 bits per heavy atom. The normalized spacial score (nSPS) is 8.57. The highest BCUT2D eigenvalue weighted by atomic mass is 16.1. The van der Waals surface area contributed by atoms with Gasteiger partial charge in [0, 0.05) is 0 Å². The fourth-order valence-corrected chi connectivity index (χ4v) is 0.223. The molecule has 0 aliphatic rings. The molecule has 0 saturated carbocycles. The lowest BCUT2D eigenvalue weighted by atomic mass is 10.9. The average molecular weight is 96.1 g/mol. The molecule has 0 spiro atoms. The van der Waals surface area contributed by atoms with Gasteiger partial charge in [-0.2, -0.15) is 0 Å². The SMILES string of the molecule is O=c1[c]nnc[nH]1. The van der Waals surface area contributed by atoms with Crippen molar-refractivity contribution in [3.63, 3.8) is 0 Å². The van der Waals surface area contributed by atoms with E-state index in [0.29, 0.717) is 0 Å². The molecule has 0 fully saturated rings. The average Bonchev–Trinajstić information content (AvgIpc) is 1.69. The Morgan fingerprint density at radius 1 is 1.86 bits per heavy atom. The van der Waals surface area contributed by atoms with Gasteiger partial charge in [0.05, 0.1) is 0 Å². The highest BCUT2D eigenvalue weighted by molar-refractivity contribution is 4.60. The highest BCUT2D eigenvalue weighted by Gasteiger charge is 1.73. The second-order valence-electron chi connectivity index (χ2n) is 0.930. The molecule has 0 unspecified atom stereocenters. The topological polar surface area (TPSA) is 58.6 Å². The van der Waals surface area contributed by atoms with E-state index < -0.39 is 0 Å². The van der Waals surface area contributed by atoms with Crippen LogP contribution in [0.15, 0.2) is 11.1 Å². The summed E-state index contributed by atoms with van der Waals surface area (Å²) in [7, 11) is 0. The van der Waals surface area contributed by atoms with Crippen LogP contribution in [0, 0.1) is 6.20 Å². The first-order valence-electron chi connectivity index (χ1n) is 1.67. The van der Waals surface area contributed by atoms with Crippen LogP contribution in [0.1, 0.15) is 0 Å². The van der Waals surface area contributed by atoms with Crippen LogP contribution < -0.4 is 5.56 Å². The summed E-state index contributed by atoms with van der Waals surface area (Å²) >= 11 is 0. The Labute approximate surface area is 39.2 Å². The molecule has 4 heteroatoms. The number of hydrogen-bond donors (Lipinski definition) is 1. The van der Waals surface area contributed by atoms with Gasteiger partial charge in [0.2, 0.25) is 0 Å². The van der Waals surface area contributed by atoms with Crippen molar-refractivity contribution in [1.82, 2.24) is 15.2 Å². The van der Waals surface area contributed by atoms with E-state index in [1.807, 2.05) is 0 Å². The number of H-pyrrole nitrogens is 1. The summed E-state index contributed by atoms with van der Waals surface area (Å²) in [5.74, 6) is 0. The van der Waals surface area contributed by atoms with Gasteiger partial charge < -0.3 is 4.98 Å². The molecule has 35 valence electrons. The maximum Gasteiger partial charge on any atom is 0.279 e. The van der Waals surface area contributed by atoms with Gasteiger partial charge in [-0.25, -0.2) is 0 Å². The lowest BCUT2D eigenvalue weighted by molar-refractivity contribution is 0.935. The minimum absolute atomic E-state index is 0.352. The minimum Gasteiger partial charge on any atom is -0.310 e. The third-order valence-electron chi connectivity index (χ3n) is 0.463. The van der Waals surface area contributed by atoms with Crippen LogP contribution in [0.4, 0.5) is 0 Å². The molecule has 1 heterocycles. The van der Waals surface area contributed by atoms with Crippen LogP contribution in [0.3, 0.4) is 0 Å². The zero-order valence-corrected chi connectivity index (χ0v) is 3.38. The molecule has 0 aliphatic carbocycles. The van der Waals surface area contributed by atoms with E-state index in [1.165, 1.54) is 6.33 Å². The quantitative estimate of drug-likeness (QED) is 0.449. The zero-order valence-electron chi connectivity index (χ0n) is 3.38. The lowest BCUT2D eigenvalue weighted by Gasteiger charge is -1.70. The molecule has 1 radical (unpaired) electrons. The first-order valence-corrected chi connectivity index (χ1v) is 1.67. The second kappa shape index (κ2) is 1.51. The van der Waals surface area contributed by atoms with Crippen molar-refractivity contribution >= 4 is 0 Å². The lowest BCUT2D eigenvalue weighted by Crippen LogP contribution is -2.04. The van der Waals surface area contributed by atoms with Crippen LogP contribution in [0.5, 0.6) is 0 Å². The van der Waals surface area contributed by atoms with Crippen molar-refractivity contribution in [1.29, 1.82) is 0 Å². The second-order valence-corrected chi connectivity index (χ2v) is 0.930. The molecule has 0 aromatic carbocycles. The van der Waals surface area contributed by atoms with Crippen LogP contribution in [-0.4, -0.2) is 15.2 Å². The van der Waals surface area contributed by atoms with Crippen molar-refractivity contribution in [2.75, 3.05) is 0 Å². The molecular formula is C3H2N3O. The van der Waals surface area contributed by atoms with Gasteiger partial charge in [0.1, 0.15) is 6.33 Å².